The van der Waals surface area contributed by atoms with Gasteiger partial charge in [0.1, 0.15) is 17.2 Å². The third-order valence-electron chi connectivity index (χ3n) is 4.88. The van der Waals surface area contributed by atoms with Gasteiger partial charge in [0, 0.05) is 18.0 Å². The van der Waals surface area contributed by atoms with Gasteiger partial charge in [-0.1, -0.05) is 13.8 Å². The number of halogens is 1. The first-order valence-corrected chi connectivity index (χ1v) is 8.30. The van der Waals surface area contributed by atoms with E-state index >= 15 is 0 Å². The van der Waals surface area contributed by atoms with E-state index in [2.05, 4.69) is 19.2 Å². The van der Waals surface area contributed by atoms with Crippen LogP contribution >= 0.6 is 0 Å². The van der Waals surface area contributed by atoms with Crippen LogP contribution in [0.1, 0.15) is 64.0 Å². The Morgan fingerprint density at radius 2 is 2.10 bits per heavy atom. The molecule has 116 valence electrons. The summed E-state index contributed by atoms with van der Waals surface area (Å²) in [7, 11) is 0. The van der Waals surface area contributed by atoms with Crippen molar-refractivity contribution in [3.8, 4) is 5.75 Å². The van der Waals surface area contributed by atoms with Gasteiger partial charge in [0.05, 0.1) is 0 Å². The second-order valence-corrected chi connectivity index (χ2v) is 7.07. The lowest BCUT2D eigenvalue weighted by Crippen LogP contribution is -2.42. The normalized spacial score (nSPS) is 23.3. The fraction of sp³-hybridized carbons (Fsp3) is 0.667. The monoisotopic (exact) mass is 291 g/mol. The van der Waals surface area contributed by atoms with E-state index in [1.54, 1.807) is 12.1 Å². The van der Waals surface area contributed by atoms with Crippen molar-refractivity contribution in [2.24, 2.45) is 5.92 Å². The topological polar surface area (TPSA) is 21.3 Å². The molecule has 1 atom stereocenters. The highest BCUT2D eigenvalue weighted by atomic mass is 19.1. The van der Waals surface area contributed by atoms with E-state index in [1.165, 1.54) is 18.9 Å². The summed E-state index contributed by atoms with van der Waals surface area (Å²) in [5.74, 6) is 1.40. The molecule has 0 amide bonds. The highest BCUT2D eigenvalue weighted by Crippen LogP contribution is 2.47. The number of nitrogens with one attached hydrogen (secondary N) is 1. The smallest absolute Gasteiger partial charge is 0.125 e. The maximum atomic E-state index is 13.6. The molecule has 1 unspecified atom stereocenters. The third kappa shape index (κ3) is 3.23. The summed E-state index contributed by atoms with van der Waals surface area (Å²) in [5, 5.41) is 3.64. The second kappa shape index (κ2) is 5.96. The Labute approximate surface area is 127 Å². The van der Waals surface area contributed by atoms with E-state index in [9.17, 15) is 4.39 Å². The van der Waals surface area contributed by atoms with Crippen molar-refractivity contribution in [3.05, 3.63) is 29.6 Å². The summed E-state index contributed by atoms with van der Waals surface area (Å²) in [6.07, 6.45) is 6.87. The van der Waals surface area contributed by atoms with Crippen molar-refractivity contribution in [1.82, 2.24) is 5.32 Å². The van der Waals surface area contributed by atoms with Gasteiger partial charge < -0.3 is 10.1 Å². The molecular weight excluding hydrogens is 265 g/mol. The lowest BCUT2D eigenvalue weighted by Gasteiger charge is -2.40. The first-order chi connectivity index (χ1) is 10.1. The third-order valence-corrected chi connectivity index (χ3v) is 4.88. The van der Waals surface area contributed by atoms with Gasteiger partial charge in [-0.15, -0.1) is 0 Å². The number of benzene rings is 1. The average Bonchev–Trinajstić information content (AvgIpc) is 2.87. The van der Waals surface area contributed by atoms with Gasteiger partial charge in [0.2, 0.25) is 0 Å². The second-order valence-electron chi connectivity index (χ2n) is 7.07. The molecule has 0 radical (unpaired) electrons. The van der Waals surface area contributed by atoms with Crippen LogP contribution in [0.15, 0.2) is 18.2 Å². The van der Waals surface area contributed by atoms with Crippen molar-refractivity contribution in [3.63, 3.8) is 0 Å². The number of fused-ring (bicyclic) bond motifs is 1. The van der Waals surface area contributed by atoms with Crippen molar-refractivity contribution in [2.45, 2.75) is 64.0 Å². The molecule has 1 fully saturated rings. The van der Waals surface area contributed by atoms with Crippen molar-refractivity contribution in [1.29, 1.82) is 0 Å². The zero-order valence-electron chi connectivity index (χ0n) is 13.1. The molecular formula is C18H26FNO. The minimum Gasteiger partial charge on any atom is -0.487 e. The first-order valence-electron chi connectivity index (χ1n) is 8.30. The van der Waals surface area contributed by atoms with E-state index in [-0.39, 0.29) is 17.5 Å². The van der Waals surface area contributed by atoms with Crippen LogP contribution in [0.4, 0.5) is 4.39 Å². The van der Waals surface area contributed by atoms with Crippen LogP contribution in [0.5, 0.6) is 5.75 Å². The van der Waals surface area contributed by atoms with Crippen molar-refractivity contribution in [2.75, 3.05) is 6.54 Å². The summed E-state index contributed by atoms with van der Waals surface area (Å²) in [4.78, 5) is 0. The number of ether oxygens (including phenoxy) is 1. The van der Waals surface area contributed by atoms with E-state index in [4.69, 9.17) is 4.74 Å². The van der Waals surface area contributed by atoms with Crippen molar-refractivity contribution >= 4 is 0 Å². The van der Waals surface area contributed by atoms with Crippen LogP contribution in [-0.4, -0.2) is 12.1 Å². The lowest BCUT2D eigenvalue weighted by molar-refractivity contribution is 0.0364. The van der Waals surface area contributed by atoms with E-state index < -0.39 is 0 Å². The van der Waals surface area contributed by atoms with Gasteiger partial charge in [-0.05, 0) is 62.8 Å². The standard InChI is InChI=1S/C18H26FNO/c1-13(2)7-10-20-16-12-18(8-3-4-9-18)21-17-6-5-14(19)11-15(16)17/h5-6,11,13,16,20H,3-4,7-10,12H2,1-2H3. The molecule has 1 aliphatic heterocycles. The van der Waals surface area contributed by atoms with E-state index in [1.807, 2.05) is 0 Å². The molecule has 3 heteroatoms. The van der Waals surface area contributed by atoms with Crippen molar-refractivity contribution < 1.29 is 9.13 Å². The zero-order valence-corrected chi connectivity index (χ0v) is 13.1. The molecule has 1 aliphatic carbocycles. The predicted octanol–water partition coefficient (Wildman–Crippen LogP) is 4.60. The molecule has 21 heavy (non-hydrogen) atoms. The molecule has 2 aliphatic rings. The Kier molecular flexibility index (Phi) is 4.21. The lowest BCUT2D eigenvalue weighted by atomic mass is 9.85. The number of hydrogen-bond acceptors (Lipinski definition) is 2. The molecule has 1 spiro atoms. The quantitative estimate of drug-likeness (QED) is 0.875. The SMILES string of the molecule is CC(C)CCNC1CC2(CCCC2)Oc2ccc(F)cc21. The molecule has 0 aromatic heterocycles. The van der Waals surface area contributed by atoms with Gasteiger partial charge in [0.15, 0.2) is 0 Å². The molecule has 1 saturated carbocycles. The molecule has 1 N–H and O–H groups in total. The maximum Gasteiger partial charge on any atom is 0.125 e. The molecule has 1 aromatic rings. The number of hydrogen-bond donors (Lipinski definition) is 1. The summed E-state index contributed by atoms with van der Waals surface area (Å²) in [6, 6.07) is 5.18. The van der Waals surface area contributed by atoms with Crippen LogP contribution in [-0.2, 0) is 0 Å². The largest absolute Gasteiger partial charge is 0.487 e. The Bertz CT molecular complexity index is 494. The van der Waals surface area contributed by atoms with Gasteiger partial charge in [-0.3, -0.25) is 0 Å². The van der Waals surface area contributed by atoms with Gasteiger partial charge in [-0.2, -0.15) is 0 Å². The Balaban J connectivity index is 1.81. The molecule has 0 saturated heterocycles. The summed E-state index contributed by atoms with van der Waals surface area (Å²) >= 11 is 0. The van der Waals surface area contributed by atoms with E-state index in [0.29, 0.717) is 5.92 Å². The minimum atomic E-state index is -0.171. The zero-order chi connectivity index (χ0) is 14.9. The number of rotatable bonds is 4. The van der Waals surface area contributed by atoms with E-state index in [0.717, 1.165) is 43.5 Å². The van der Waals surface area contributed by atoms with Crippen LogP contribution < -0.4 is 10.1 Å². The van der Waals surface area contributed by atoms with Crippen LogP contribution in [0.25, 0.3) is 0 Å². The summed E-state index contributed by atoms with van der Waals surface area (Å²) in [5.41, 5.74) is 0.983. The predicted molar refractivity (Wildman–Crippen MR) is 83.0 cm³/mol. The minimum absolute atomic E-state index is 0.0136. The average molecular weight is 291 g/mol. The molecule has 3 rings (SSSR count). The highest BCUT2D eigenvalue weighted by Gasteiger charge is 2.42. The fourth-order valence-electron chi connectivity index (χ4n) is 3.70. The Hall–Kier alpha value is -1.09. The first kappa shape index (κ1) is 14.8. The highest BCUT2D eigenvalue weighted by molar-refractivity contribution is 5.39. The van der Waals surface area contributed by atoms with Crippen LogP contribution in [0.2, 0.25) is 0 Å². The maximum absolute atomic E-state index is 13.6. The Morgan fingerprint density at radius 3 is 2.81 bits per heavy atom. The van der Waals surface area contributed by atoms with Gasteiger partial charge >= 0.3 is 0 Å². The molecule has 1 heterocycles. The Morgan fingerprint density at radius 1 is 1.33 bits per heavy atom. The summed E-state index contributed by atoms with van der Waals surface area (Å²) in [6.45, 7) is 5.45. The van der Waals surface area contributed by atoms with Gasteiger partial charge in [0.25, 0.3) is 0 Å². The summed E-state index contributed by atoms with van der Waals surface area (Å²) < 4.78 is 19.9. The molecule has 0 bridgehead atoms. The molecule has 1 aromatic carbocycles. The van der Waals surface area contributed by atoms with Gasteiger partial charge in [-0.25, -0.2) is 4.39 Å². The van der Waals surface area contributed by atoms with Crippen LogP contribution in [0.3, 0.4) is 0 Å². The van der Waals surface area contributed by atoms with Crippen LogP contribution in [0, 0.1) is 11.7 Å². The fourth-order valence-corrected chi connectivity index (χ4v) is 3.70. The molecule has 2 nitrogen and oxygen atoms in total.